The molecule has 2 aliphatic heterocycles. The molecule has 0 radical (unpaired) electrons. The number of ketones is 1. The van der Waals surface area contributed by atoms with Gasteiger partial charge in [0.2, 0.25) is 0 Å². The summed E-state index contributed by atoms with van der Waals surface area (Å²) in [6.07, 6.45) is 4.41. The zero-order valence-electron chi connectivity index (χ0n) is 17.4. The van der Waals surface area contributed by atoms with Crippen molar-refractivity contribution in [2.24, 2.45) is 0 Å². The Hall–Kier alpha value is -3.22. The average molecular weight is 421 g/mol. The number of pyridine rings is 1. The highest BCUT2D eigenvalue weighted by Crippen LogP contribution is 2.38. The average Bonchev–Trinajstić information content (AvgIpc) is 3.12. The molecule has 0 saturated carbocycles. The molecule has 1 amide bonds. The molecule has 31 heavy (non-hydrogen) atoms. The van der Waals surface area contributed by atoms with Crippen molar-refractivity contribution in [2.75, 3.05) is 31.1 Å². The van der Waals surface area contributed by atoms with Gasteiger partial charge in [-0.1, -0.05) is 6.92 Å². The van der Waals surface area contributed by atoms with E-state index in [0.29, 0.717) is 56.1 Å². The fraction of sp³-hybridized carbons (Fsp3) is 0.375. The number of rotatable bonds is 3. The molecule has 0 N–H and O–H groups in total. The third kappa shape index (κ3) is 3.48. The number of Topliss-reactive ketones (excluding diaryl/α,β-unsaturated/α-hetero) is 1. The van der Waals surface area contributed by atoms with Crippen molar-refractivity contribution in [1.29, 1.82) is 0 Å². The summed E-state index contributed by atoms with van der Waals surface area (Å²) in [5.41, 5.74) is 3.81. The van der Waals surface area contributed by atoms with E-state index in [2.05, 4.69) is 4.98 Å². The van der Waals surface area contributed by atoms with Crippen LogP contribution in [0.25, 0.3) is 6.08 Å². The number of piperidine rings is 1. The fourth-order valence-corrected chi connectivity index (χ4v) is 4.49. The largest absolute Gasteiger partial charge is 0.488 e. The van der Waals surface area contributed by atoms with E-state index >= 15 is 0 Å². The van der Waals surface area contributed by atoms with Gasteiger partial charge in [-0.15, -0.1) is 0 Å². The van der Waals surface area contributed by atoms with E-state index in [0.717, 1.165) is 22.4 Å². The van der Waals surface area contributed by atoms with Crippen molar-refractivity contribution in [2.45, 2.75) is 32.4 Å². The van der Waals surface area contributed by atoms with Crippen LogP contribution in [0, 0.1) is 0 Å². The van der Waals surface area contributed by atoms with Crippen LogP contribution in [0.15, 0.2) is 36.0 Å². The van der Waals surface area contributed by atoms with Crippen molar-refractivity contribution in [3.8, 4) is 5.75 Å². The number of hydrogen-bond donors (Lipinski definition) is 0. The second kappa shape index (κ2) is 7.80. The van der Waals surface area contributed by atoms with Gasteiger partial charge < -0.3 is 14.5 Å². The van der Waals surface area contributed by atoms with Gasteiger partial charge in [0.1, 0.15) is 12.8 Å². The van der Waals surface area contributed by atoms with Crippen molar-refractivity contribution >= 4 is 29.3 Å². The van der Waals surface area contributed by atoms with E-state index in [1.807, 2.05) is 36.1 Å². The zero-order valence-corrected chi connectivity index (χ0v) is 17.4. The van der Waals surface area contributed by atoms with E-state index in [-0.39, 0.29) is 18.2 Å². The smallest absolute Gasteiger partial charge is 0.255 e. The number of aromatic nitrogens is 1. The lowest BCUT2D eigenvalue weighted by molar-refractivity contribution is 0.0635. The number of fused-ring (bicyclic) bond motifs is 2. The highest BCUT2D eigenvalue weighted by Gasteiger charge is 2.28. The van der Waals surface area contributed by atoms with Crippen LogP contribution in [0.3, 0.4) is 0 Å². The van der Waals surface area contributed by atoms with Gasteiger partial charge in [0.25, 0.3) is 5.91 Å². The molecule has 0 spiro atoms. The van der Waals surface area contributed by atoms with Crippen LogP contribution in [0.5, 0.6) is 5.75 Å². The predicted molar refractivity (Wildman–Crippen MR) is 116 cm³/mol. The summed E-state index contributed by atoms with van der Waals surface area (Å²) in [5, 5.41) is 0. The van der Waals surface area contributed by atoms with Gasteiger partial charge in [0, 0.05) is 29.6 Å². The van der Waals surface area contributed by atoms with Crippen LogP contribution >= 0.6 is 0 Å². The molecule has 2 aromatic rings. The van der Waals surface area contributed by atoms with E-state index in [1.54, 1.807) is 11.0 Å². The first-order valence-corrected chi connectivity index (χ1v) is 10.8. The van der Waals surface area contributed by atoms with Crippen LogP contribution in [0.2, 0.25) is 0 Å². The molecule has 1 saturated heterocycles. The Morgan fingerprint density at radius 2 is 2.16 bits per heavy atom. The minimum Gasteiger partial charge on any atom is -0.488 e. The van der Waals surface area contributed by atoms with Gasteiger partial charge in [-0.25, -0.2) is 9.37 Å². The van der Waals surface area contributed by atoms with E-state index in [4.69, 9.17) is 4.74 Å². The SMILES string of the molecule is CCC1=Cc2cc(N3CCOc4cc(C(=O)N5CCCC(F)C5)cnc43)ccc2C1=O. The van der Waals surface area contributed by atoms with E-state index < -0.39 is 6.17 Å². The minimum atomic E-state index is -0.969. The third-order valence-corrected chi connectivity index (χ3v) is 6.15. The van der Waals surface area contributed by atoms with E-state index in [1.165, 1.54) is 6.20 Å². The molecule has 6 nitrogen and oxygen atoms in total. The summed E-state index contributed by atoms with van der Waals surface area (Å²) in [6, 6.07) is 7.49. The van der Waals surface area contributed by atoms with Gasteiger partial charge in [-0.2, -0.15) is 0 Å². The molecule has 1 aliphatic carbocycles. The standard InChI is InChI=1S/C24H24FN3O3/c1-2-15-10-16-11-19(5-6-20(16)22(15)29)28-8-9-31-21-12-17(13-26-23(21)28)24(30)27-7-3-4-18(25)14-27/h5-6,10-13,18H,2-4,7-9,14H2,1H3. The molecule has 1 aromatic heterocycles. The molecule has 1 unspecified atom stereocenters. The van der Waals surface area contributed by atoms with Gasteiger partial charge in [-0.3, -0.25) is 9.59 Å². The summed E-state index contributed by atoms with van der Waals surface area (Å²) >= 11 is 0. The van der Waals surface area contributed by atoms with E-state index in [9.17, 15) is 14.0 Å². The molecular weight excluding hydrogens is 397 g/mol. The molecule has 1 aromatic carbocycles. The van der Waals surface area contributed by atoms with Gasteiger partial charge >= 0.3 is 0 Å². The topological polar surface area (TPSA) is 62.7 Å². The van der Waals surface area contributed by atoms with Crippen LogP contribution in [-0.4, -0.2) is 54.0 Å². The summed E-state index contributed by atoms with van der Waals surface area (Å²) < 4.78 is 19.5. The summed E-state index contributed by atoms with van der Waals surface area (Å²) in [4.78, 5) is 33.3. The first kappa shape index (κ1) is 19.7. The number of amides is 1. The summed E-state index contributed by atoms with van der Waals surface area (Å²) in [7, 11) is 0. The Morgan fingerprint density at radius 3 is 2.97 bits per heavy atom. The number of halogens is 1. The fourth-order valence-electron chi connectivity index (χ4n) is 4.49. The van der Waals surface area contributed by atoms with Crippen LogP contribution in [0.1, 0.15) is 52.5 Å². The number of alkyl halides is 1. The number of carbonyl (C=O) groups is 2. The molecule has 1 fully saturated rings. The number of allylic oxidation sites excluding steroid dienone is 1. The maximum atomic E-state index is 13.7. The normalized spacial score (nSPS) is 20.1. The van der Waals surface area contributed by atoms with Crippen molar-refractivity contribution in [3.05, 3.63) is 52.7 Å². The van der Waals surface area contributed by atoms with Gasteiger partial charge in [0.05, 0.1) is 18.7 Å². The first-order valence-electron chi connectivity index (χ1n) is 10.8. The maximum Gasteiger partial charge on any atom is 0.255 e. The highest BCUT2D eigenvalue weighted by molar-refractivity contribution is 6.18. The quantitative estimate of drug-likeness (QED) is 0.744. The van der Waals surface area contributed by atoms with Gasteiger partial charge in [0.15, 0.2) is 17.4 Å². The Morgan fingerprint density at radius 1 is 1.29 bits per heavy atom. The number of nitrogens with zero attached hydrogens (tertiary/aromatic N) is 3. The van der Waals surface area contributed by atoms with Crippen molar-refractivity contribution in [1.82, 2.24) is 9.88 Å². The Kier molecular flexibility index (Phi) is 4.96. The van der Waals surface area contributed by atoms with Crippen LogP contribution in [-0.2, 0) is 0 Å². The van der Waals surface area contributed by atoms with Gasteiger partial charge in [-0.05, 0) is 55.2 Å². The molecule has 3 aliphatic rings. The molecule has 7 heteroatoms. The molecule has 3 heterocycles. The monoisotopic (exact) mass is 421 g/mol. The third-order valence-electron chi connectivity index (χ3n) is 6.15. The highest BCUT2D eigenvalue weighted by atomic mass is 19.1. The molecule has 1 atom stereocenters. The number of benzene rings is 1. The number of carbonyl (C=O) groups excluding carboxylic acids is 2. The second-order valence-corrected chi connectivity index (χ2v) is 8.16. The number of ether oxygens (including phenoxy) is 1. The minimum absolute atomic E-state index is 0.0981. The summed E-state index contributed by atoms with van der Waals surface area (Å²) in [6.45, 7) is 3.73. The lowest BCUT2D eigenvalue weighted by Gasteiger charge is -2.32. The van der Waals surface area contributed by atoms with Crippen molar-refractivity contribution < 1.29 is 18.7 Å². The number of anilines is 2. The maximum absolute atomic E-state index is 13.7. The Labute approximate surface area is 180 Å². The molecular formula is C24H24FN3O3. The lowest BCUT2D eigenvalue weighted by Crippen LogP contribution is -2.40. The van der Waals surface area contributed by atoms with Crippen LogP contribution < -0.4 is 9.64 Å². The van der Waals surface area contributed by atoms with Crippen LogP contribution in [0.4, 0.5) is 15.9 Å². The Balaban J connectivity index is 1.43. The predicted octanol–water partition coefficient (Wildman–Crippen LogP) is 4.18. The molecule has 160 valence electrons. The van der Waals surface area contributed by atoms with Crippen molar-refractivity contribution in [3.63, 3.8) is 0 Å². The first-order chi connectivity index (χ1) is 15.0. The molecule has 5 rings (SSSR count). The Bertz CT molecular complexity index is 1100. The second-order valence-electron chi connectivity index (χ2n) is 8.16. The molecule has 0 bridgehead atoms. The number of hydrogen-bond acceptors (Lipinski definition) is 5. The summed E-state index contributed by atoms with van der Waals surface area (Å²) in [5.74, 6) is 1.05. The lowest BCUT2D eigenvalue weighted by atomic mass is 10.1. The zero-order chi connectivity index (χ0) is 21.5. The number of likely N-dealkylation sites (tertiary alicyclic amines) is 1.